The molecule has 5 heterocycles. The Morgan fingerprint density at radius 2 is 1.88 bits per heavy atom. The SMILES string of the molecule is O=C(Nc1ccc(N2CC3CC(C2)c2cccc(=O)n2C3)nc1)c1ccc2c(c1)OCCCO2. The number of carbonyl (C=O) groups excluding carboxylic acids is 1. The van der Waals surface area contributed by atoms with Crippen LogP contribution in [0.5, 0.6) is 11.5 Å². The van der Waals surface area contributed by atoms with Crippen molar-refractivity contribution in [2.24, 2.45) is 5.92 Å². The Bertz CT molecular complexity index is 1290. The third-order valence-corrected chi connectivity index (χ3v) is 6.82. The van der Waals surface area contributed by atoms with E-state index in [1.165, 1.54) is 0 Å². The van der Waals surface area contributed by atoms with Gasteiger partial charge in [0.1, 0.15) is 5.82 Å². The molecule has 6 rings (SSSR count). The highest BCUT2D eigenvalue weighted by atomic mass is 16.5. The van der Waals surface area contributed by atoms with Crippen molar-refractivity contribution in [3.63, 3.8) is 0 Å². The zero-order chi connectivity index (χ0) is 23.1. The van der Waals surface area contributed by atoms with Gasteiger partial charge in [-0.1, -0.05) is 6.07 Å². The van der Waals surface area contributed by atoms with Gasteiger partial charge in [0.2, 0.25) is 0 Å². The summed E-state index contributed by atoms with van der Waals surface area (Å²) in [7, 11) is 0. The number of nitrogens with one attached hydrogen (secondary N) is 1. The first kappa shape index (κ1) is 20.8. The smallest absolute Gasteiger partial charge is 0.255 e. The van der Waals surface area contributed by atoms with Gasteiger partial charge in [-0.2, -0.15) is 0 Å². The summed E-state index contributed by atoms with van der Waals surface area (Å²) in [6.07, 6.45) is 3.61. The zero-order valence-corrected chi connectivity index (χ0v) is 18.8. The van der Waals surface area contributed by atoms with E-state index in [4.69, 9.17) is 9.47 Å². The molecule has 34 heavy (non-hydrogen) atoms. The van der Waals surface area contributed by atoms with E-state index in [-0.39, 0.29) is 11.5 Å². The Kier molecular flexibility index (Phi) is 5.20. The van der Waals surface area contributed by atoms with E-state index in [9.17, 15) is 9.59 Å². The lowest BCUT2D eigenvalue weighted by Crippen LogP contribution is -2.47. The highest BCUT2D eigenvalue weighted by molar-refractivity contribution is 6.04. The molecular weight excluding hydrogens is 432 g/mol. The Morgan fingerprint density at radius 3 is 2.74 bits per heavy atom. The van der Waals surface area contributed by atoms with Crippen LogP contribution in [0, 0.1) is 5.92 Å². The first-order chi connectivity index (χ1) is 16.6. The van der Waals surface area contributed by atoms with Crippen LogP contribution in [0.15, 0.2) is 59.5 Å². The Morgan fingerprint density at radius 1 is 1.00 bits per heavy atom. The summed E-state index contributed by atoms with van der Waals surface area (Å²) >= 11 is 0. The largest absolute Gasteiger partial charge is 0.490 e. The molecule has 0 radical (unpaired) electrons. The van der Waals surface area contributed by atoms with Crippen LogP contribution in [0.3, 0.4) is 0 Å². The maximum absolute atomic E-state index is 12.8. The van der Waals surface area contributed by atoms with E-state index in [0.29, 0.717) is 47.8 Å². The molecule has 1 N–H and O–H groups in total. The average Bonchev–Trinajstić information content (AvgIpc) is 3.10. The van der Waals surface area contributed by atoms with E-state index in [1.54, 1.807) is 30.5 Å². The molecule has 0 spiro atoms. The van der Waals surface area contributed by atoms with Crippen molar-refractivity contribution in [3.8, 4) is 11.5 Å². The predicted molar refractivity (Wildman–Crippen MR) is 128 cm³/mol. The van der Waals surface area contributed by atoms with Gasteiger partial charge in [0.25, 0.3) is 11.5 Å². The zero-order valence-electron chi connectivity index (χ0n) is 18.8. The van der Waals surface area contributed by atoms with E-state index < -0.39 is 0 Å². The lowest BCUT2D eigenvalue weighted by molar-refractivity contribution is 0.102. The van der Waals surface area contributed by atoms with Gasteiger partial charge >= 0.3 is 0 Å². The van der Waals surface area contributed by atoms with Gasteiger partial charge in [-0.25, -0.2) is 4.98 Å². The standard InChI is InChI=1S/C26H26N4O4/c31-25-4-1-3-21-19-11-17(15-30(21)25)14-29(16-19)24-8-6-20(13-27-24)28-26(32)18-5-7-22-23(12-18)34-10-2-9-33-22/h1,3-8,12-13,17,19H,2,9-11,14-16H2,(H,28,32). The van der Waals surface area contributed by atoms with Crippen LogP contribution in [0.2, 0.25) is 0 Å². The second-order valence-electron chi connectivity index (χ2n) is 9.17. The monoisotopic (exact) mass is 458 g/mol. The van der Waals surface area contributed by atoms with E-state index >= 15 is 0 Å². The number of aromatic nitrogens is 2. The number of fused-ring (bicyclic) bond motifs is 5. The molecule has 2 unspecified atom stereocenters. The molecule has 8 heteroatoms. The fourth-order valence-corrected chi connectivity index (χ4v) is 5.24. The molecule has 8 nitrogen and oxygen atoms in total. The molecule has 2 bridgehead atoms. The predicted octanol–water partition coefficient (Wildman–Crippen LogP) is 3.28. The van der Waals surface area contributed by atoms with Gasteiger partial charge in [-0.15, -0.1) is 0 Å². The van der Waals surface area contributed by atoms with Crippen molar-refractivity contribution < 1.29 is 14.3 Å². The van der Waals surface area contributed by atoms with Crippen molar-refractivity contribution in [1.29, 1.82) is 0 Å². The minimum Gasteiger partial charge on any atom is -0.490 e. The van der Waals surface area contributed by atoms with Gasteiger partial charge in [-0.3, -0.25) is 9.59 Å². The molecule has 2 aromatic heterocycles. The fraction of sp³-hybridized carbons (Fsp3) is 0.346. The fourth-order valence-electron chi connectivity index (χ4n) is 5.24. The van der Waals surface area contributed by atoms with Crippen LogP contribution in [-0.2, 0) is 6.54 Å². The van der Waals surface area contributed by atoms with Crippen molar-refractivity contribution in [2.75, 3.05) is 36.5 Å². The van der Waals surface area contributed by atoms with Crippen LogP contribution in [0.4, 0.5) is 11.5 Å². The van der Waals surface area contributed by atoms with Gasteiger partial charge in [0, 0.05) is 49.3 Å². The minimum atomic E-state index is -0.222. The Hall–Kier alpha value is -3.81. The molecule has 1 amide bonds. The molecule has 2 atom stereocenters. The number of nitrogens with zero attached hydrogens (tertiary/aromatic N) is 3. The van der Waals surface area contributed by atoms with Crippen molar-refractivity contribution in [2.45, 2.75) is 25.3 Å². The van der Waals surface area contributed by atoms with Crippen molar-refractivity contribution in [3.05, 3.63) is 76.3 Å². The molecule has 1 aromatic carbocycles. The van der Waals surface area contributed by atoms with E-state index in [1.807, 2.05) is 22.8 Å². The van der Waals surface area contributed by atoms with Gasteiger partial charge in [0.15, 0.2) is 11.5 Å². The van der Waals surface area contributed by atoms with Crippen molar-refractivity contribution in [1.82, 2.24) is 9.55 Å². The van der Waals surface area contributed by atoms with Crippen LogP contribution in [-0.4, -0.2) is 41.8 Å². The molecule has 0 aliphatic carbocycles. The summed E-state index contributed by atoms with van der Waals surface area (Å²) in [5.41, 5.74) is 2.35. The molecule has 3 aromatic rings. The maximum Gasteiger partial charge on any atom is 0.255 e. The third-order valence-electron chi connectivity index (χ3n) is 6.82. The molecule has 3 aliphatic rings. The highest BCUT2D eigenvalue weighted by Crippen LogP contribution is 2.36. The van der Waals surface area contributed by atoms with Crippen LogP contribution in [0.25, 0.3) is 0 Å². The first-order valence-corrected chi connectivity index (χ1v) is 11.8. The summed E-state index contributed by atoms with van der Waals surface area (Å²) in [5, 5.41) is 2.92. The minimum absolute atomic E-state index is 0.0902. The molecule has 174 valence electrons. The number of ether oxygens (including phenoxy) is 2. The van der Waals surface area contributed by atoms with E-state index in [0.717, 1.165) is 44.0 Å². The van der Waals surface area contributed by atoms with Crippen LogP contribution < -0.4 is 25.2 Å². The quantitative estimate of drug-likeness (QED) is 0.648. The van der Waals surface area contributed by atoms with Gasteiger partial charge in [-0.05, 0) is 48.7 Å². The molecule has 1 fully saturated rings. The maximum atomic E-state index is 12.8. The average molecular weight is 459 g/mol. The first-order valence-electron chi connectivity index (χ1n) is 11.8. The Labute approximate surface area is 197 Å². The van der Waals surface area contributed by atoms with Crippen LogP contribution >= 0.6 is 0 Å². The second kappa shape index (κ2) is 8.52. The number of amides is 1. The van der Waals surface area contributed by atoms with Crippen LogP contribution in [0.1, 0.15) is 34.8 Å². The van der Waals surface area contributed by atoms with E-state index in [2.05, 4.69) is 21.3 Å². The topological polar surface area (TPSA) is 85.7 Å². The number of rotatable bonds is 3. The number of hydrogen-bond acceptors (Lipinski definition) is 6. The summed E-state index contributed by atoms with van der Waals surface area (Å²) < 4.78 is 13.3. The number of carbonyl (C=O) groups is 1. The summed E-state index contributed by atoms with van der Waals surface area (Å²) in [5.74, 6) is 2.67. The molecule has 0 saturated carbocycles. The molecule has 3 aliphatic heterocycles. The number of benzene rings is 1. The van der Waals surface area contributed by atoms with Crippen molar-refractivity contribution >= 4 is 17.4 Å². The molecule has 1 saturated heterocycles. The van der Waals surface area contributed by atoms with Gasteiger partial charge < -0.3 is 24.3 Å². The summed E-state index contributed by atoms with van der Waals surface area (Å²) in [6, 6.07) is 14.6. The molecular formula is C26H26N4O4. The highest BCUT2D eigenvalue weighted by Gasteiger charge is 2.34. The summed E-state index contributed by atoms with van der Waals surface area (Å²) in [6.45, 7) is 3.64. The van der Waals surface area contributed by atoms with Gasteiger partial charge in [0.05, 0.1) is 25.1 Å². The number of pyridine rings is 2. The number of piperidine rings is 1. The number of hydrogen-bond donors (Lipinski definition) is 1. The Balaban J connectivity index is 1.15. The normalized spacial score (nSPS) is 20.8. The lowest BCUT2D eigenvalue weighted by Gasteiger charge is -2.43. The lowest BCUT2D eigenvalue weighted by atomic mass is 9.83. The summed E-state index contributed by atoms with van der Waals surface area (Å²) in [4.78, 5) is 31.9. The third kappa shape index (κ3) is 3.89. The number of anilines is 2. The second-order valence-corrected chi connectivity index (χ2v) is 9.17.